The topological polar surface area (TPSA) is 99.9 Å². The van der Waals surface area contributed by atoms with E-state index in [4.69, 9.17) is 5.26 Å². The summed E-state index contributed by atoms with van der Waals surface area (Å²) in [6.07, 6.45) is 0.600. The largest absolute Gasteiger partial charge is 0.351 e. The van der Waals surface area contributed by atoms with E-state index < -0.39 is 17.7 Å². The molecule has 1 amide bonds. The van der Waals surface area contributed by atoms with Crippen LogP contribution in [0.5, 0.6) is 0 Å². The number of ketones is 2. The maximum atomic E-state index is 13.0. The van der Waals surface area contributed by atoms with Crippen LogP contribution in [0.1, 0.15) is 57.2 Å². The van der Waals surface area contributed by atoms with Gasteiger partial charge in [-0.3, -0.25) is 14.4 Å². The molecule has 0 aliphatic heterocycles. The third-order valence-corrected chi connectivity index (χ3v) is 5.36. The van der Waals surface area contributed by atoms with Gasteiger partial charge in [0.1, 0.15) is 29.2 Å². The van der Waals surface area contributed by atoms with Crippen LogP contribution >= 0.6 is 0 Å². The molecule has 3 rings (SSSR count). The van der Waals surface area contributed by atoms with Crippen LogP contribution in [0.3, 0.4) is 0 Å². The van der Waals surface area contributed by atoms with Crippen molar-refractivity contribution in [1.29, 1.82) is 5.26 Å². The van der Waals surface area contributed by atoms with Crippen LogP contribution in [-0.4, -0.2) is 29.0 Å². The Morgan fingerprint density at radius 3 is 2.55 bits per heavy atom. The molecule has 2 atom stereocenters. The summed E-state index contributed by atoms with van der Waals surface area (Å²) in [7, 11) is 0. The van der Waals surface area contributed by atoms with Crippen LogP contribution in [0.15, 0.2) is 30.3 Å². The minimum Gasteiger partial charge on any atom is -0.351 e. The van der Waals surface area contributed by atoms with E-state index in [0.29, 0.717) is 6.42 Å². The predicted octanol–water partition coefficient (Wildman–Crippen LogP) is 2.94. The van der Waals surface area contributed by atoms with Gasteiger partial charge in [0.2, 0.25) is 0 Å². The number of aryl methyl sites for hydroxylation is 3. The highest BCUT2D eigenvalue weighted by Gasteiger charge is 2.42. The van der Waals surface area contributed by atoms with Gasteiger partial charge in [-0.05, 0) is 56.0 Å². The summed E-state index contributed by atoms with van der Waals surface area (Å²) in [5.41, 5.74) is 4.19. The first-order chi connectivity index (χ1) is 13.8. The molecule has 1 aliphatic rings. The van der Waals surface area contributed by atoms with E-state index in [2.05, 4.69) is 10.3 Å². The first-order valence-corrected chi connectivity index (χ1v) is 9.61. The Bertz CT molecular complexity index is 1010. The molecule has 2 unspecified atom stereocenters. The standard InChI is InChI=1S/C23H23N3O3/c1-13-9-14(2)20(15(3)10-13)21-19(27)11-16(22(21)28)7-8-25-23(29)18-6-4-5-17(12-24)26-18/h4-6,9-10,16,21H,7-8,11H2,1-3H3,(H,25,29). The maximum absolute atomic E-state index is 13.0. The molecule has 1 aromatic carbocycles. The van der Waals surface area contributed by atoms with E-state index >= 15 is 0 Å². The van der Waals surface area contributed by atoms with Crippen LogP contribution in [-0.2, 0) is 9.59 Å². The van der Waals surface area contributed by atoms with Crippen molar-refractivity contribution >= 4 is 17.5 Å². The lowest BCUT2D eigenvalue weighted by atomic mass is 9.86. The number of nitrogens with zero attached hydrogens (tertiary/aromatic N) is 2. The molecule has 0 bridgehead atoms. The number of hydrogen-bond donors (Lipinski definition) is 1. The Hall–Kier alpha value is -3.33. The highest BCUT2D eigenvalue weighted by atomic mass is 16.2. The highest BCUT2D eigenvalue weighted by Crippen LogP contribution is 2.37. The van der Waals surface area contributed by atoms with Gasteiger partial charge in [0.05, 0.1) is 0 Å². The van der Waals surface area contributed by atoms with Crippen LogP contribution < -0.4 is 5.32 Å². The number of nitrogens with one attached hydrogen (secondary N) is 1. The van der Waals surface area contributed by atoms with E-state index in [-0.39, 0.29) is 35.9 Å². The number of benzene rings is 1. The monoisotopic (exact) mass is 389 g/mol. The fraction of sp³-hybridized carbons (Fsp3) is 0.348. The number of pyridine rings is 1. The number of carbonyl (C=O) groups is 3. The van der Waals surface area contributed by atoms with Crippen molar-refractivity contribution in [2.24, 2.45) is 5.92 Å². The molecule has 0 saturated heterocycles. The van der Waals surface area contributed by atoms with Gasteiger partial charge in [0, 0.05) is 18.9 Å². The van der Waals surface area contributed by atoms with E-state index in [1.807, 2.05) is 39.0 Å². The number of Topliss-reactive ketones (excluding diaryl/α,β-unsaturated/α-hetero) is 2. The van der Waals surface area contributed by atoms with Crippen molar-refractivity contribution in [3.05, 3.63) is 64.0 Å². The van der Waals surface area contributed by atoms with Gasteiger partial charge in [-0.15, -0.1) is 0 Å². The van der Waals surface area contributed by atoms with Gasteiger partial charge in [0.25, 0.3) is 5.91 Å². The molecule has 1 heterocycles. The molecular weight excluding hydrogens is 366 g/mol. The SMILES string of the molecule is Cc1cc(C)c(C2C(=O)CC(CCNC(=O)c3cccc(C#N)n3)C2=O)c(C)c1. The summed E-state index contributed by atoms with van der Waals surface area (Å²) in [5.74, 6) is -1.62. The smallest absolute Gasteiger partial charge is 0.269 e. The molecule has 1 saturated carbocycles. The number of aromatic nitrogens is 1. The Labute approximate surface area is 170 Å². The number of nitriles is 1. The molecule has 6 nitrogen and oxygen atoms in total. The lowest BCUT2D eigenvalue weighted by molar-refractivity contribution is -0.124. The molecule has 0 spiro atoms. The zero-order valence-corrected chi connectivity index (χ0v) is 16.8. The lowest BCUT2D eigenvalue weighted by Gasteiger charge is -2.16. The zero-order valence-electron chi connectivity index (χ0n) is 16.8. The van der Waals surface area contributed by atoms with Gasteiger partial charge in [-0.1, -0.05) is 23.8 Å². The van der Waals surface area contributed by atoms with E-state index in [0.717, 1.165) is 22.3 Å². The van der Waals surface area contributed by atoms with Crippen LogP contribution in [0, 0.1) is 38.0 Å². The zero-order chi connectivity index (χ0) is 21.1. The first-order valence-electron chi connectivity index (χ1n) is 9.61. The van der Waals surface area contributed by atoms with Crippen molar-refractivity contribution in [3.8, 4) is 6.07 Å². The summed E-state index contributed by atoms with van der Waals surface area (Å²) < 4.78 is 0. The van der Waals surface area contributed by atoms with Crippen LogP contribution in [0.4, 0.5) is 0 Å². The molecular formula is C23H23N3O3. The van der Waals surface area contributed by atoms with Gasteiger partial charge in [-0.2, -0.15) is 5.26 Å². The van der Waals surface area contributed by atoms with Crippen LogP contribution in [0.2, 0.25) is 0 Å². The van der Waals surface area contributed by atoms with Crippen molar-refractivity contribution in [2.75, 3.05) is 6.54 Å². The summed E-state index contributed by atoms with van der Waals surface area (Å²) in [6, 6.07) is 10.5. The highest BCUT2D eigenvalue weighted by molar-refractivity contribution is 6.15. The van der Waals surface area contributed by atoms with E-state index in [9.17, 15) is 14.4 Å². The summed E-state index contributed by atoms with van der Waals surface area (Å²) >= 11 is 0. The number of amides is 1. The Morgan fingerprint density at radius 2 is 1.90 bits per heavy atom. The molecule has 1 aliphatic carbocycles. The average Bonchev–Trinajstić information content (AvgIpc) is 2.95. The second kappa shape index (κ2) is 8.36. The Morgan fingerprint density at radius 1 is 1.21 bits per heavy atom. The minimum absolute atomic E-state index is 0.0511. The van der Waals surface area contributed by atoms with Crippen molar-refractivity contribution < 1.29 is 14.4 Å². The fourth-order valence-corrected chi connectivity index (χ4v) is 4.12. The summed E-state index contributed by atoms with van der Waals surface area (Å²) in [6.45, 7) is 6.13. The molecule has 1 N–H and O–H groups in total. The normalized spacial score (nSPS) is 18.6. The van der Waals surface area contributed by atoms with Crippen molar-refractivity contribution in [3.63, 3.8) is 0 Å². The van der Waals surface area contributed by atoms with Gasteiger partial charge < -0.3 is 5.32 Å². The van der Waals surface area contributed by atoms with Crippen molar-refractivity contribution in [2.45, 2.75) is 39.5 Å². The number of rotatable bonds is 5. The molecule has 2 aromatic rings. The summed E-state index contributed by atoms with van der Waals surface area (Å²) in [4.78, 5) is 41.7. The number of hydrogen-bond acceptors (Lipinski definition) is 5. The third kappa shape index (κ3) is 4.24. The maximum Gasteiger partial charge on any atom is 0.269 e. The fourth-order valence-electron chi connectivity index (χ4n) is 4.12. The average molecular weight is 389 g/mol. The van der Waals surface area contributed by atoms with Crippen LogP contribution in [0.25, 0.3) is 0 Å². The summed E-state index contributed by atoms with van der Waals surface area (Å²) in [5, 5.41) is 11.6. The Balaban J connectivity index is 1.65. The van der Waals surface area contributed by atoms with Gasteiger partial charge >= 0.3 is 0 Å². The first kappa shape index (κ1) is 20.4. The van der Waals surface area contributed by atoms with E-state index in [1.54, 1.807) is 6.07 Å². The predicted molar refractivity (Wildman–Crippen MR) is 107 cm³/mol. The molecule has 1 aromatic heterocycles. The number of carbonyl (C=O) groups excluding carboxylic acids is 3. The molecule has 0 radical (unpaired) electrons. The van der Waals surface area contributed by atoms with Crippen molar-refractivity contribution in [1.82, 2.24) is 10.3 Å². The second-order valence-corrected chi connectivity index (χ2v) is 7.58. The second-order valence-electron chi connectivity index (χ2n) is 7.58. The van der Waals surface area contributed by atoms with Gasteiger partial charge in [0.15, 0.2) is 5.78 Å². The Kier molecular flexibility index (Phi) is 5.88. The quantitative estimate of drug-likeness (QED) is 0.793. The molecule has 1 fully saturated rings. The van der Waals surface area contributed by atoms with Gasteiger partial charge in [-0.25, -0.2) is 4.98 Å². The van der Waals surface area contributed by atoms with E-state index in [1.165, 1.54) is 12.1 Å². The molecule has 148 valence electrons. The third-order valence-electron chi connectivity index (χ3n) is 5.36. The molecule has 29 heavy (non-hydrogen) atoms. The molecule has 6 heteroatoms. The minimum atomic E-state index is -0.703. The lowest BCUT2D eigenvalue weighted by Crippen LogP contribution is -2.28.